The van der Waals surface area contributed by atoms with E-state index in [2.05, 4.69) is 0 Å². The molecule has 0 unspecified atom stereocenters. The molecule has 0 fully saturated rings. The minimum atomic E-state index is -0.336. The molecule has 1 heterocycles. The van der Waals surface area contributed by atoms with E-state index in [1.165, 1.54) is 4.90 Å². The number of hydrogen-bond donors (Lipinski definition) is 0. The molecule has 0 saturated heterocycles. The van der Waals surface area contributed by atoms with Crippen LogP contribution < -0.4 is 9.64 Å². The lowest BCUT2D eigenvalue weighted by Crippen LogP contribution is -2.41. The molecule has 0 radical (unpaired) electrons. The summed E-state index contributed by atoms with van der Waals surface area (Å²) in [5.41, 5.74) is 4.01. The van der Waals surface area contributed by atoms with E-state index < -0.39 is 0 Å². The van der Waals surface area contributed by atoms with Crippen LogP contribution in [0.4, 0.5) is 5.69 Å². The Morgan fingerprint density at radius 1 is 0.821 bits per heavy atom. The molecule has 4 rings (SSSR count). The maximum atomic E-state index is 13.4. The summed E-state index contributed by atoms with van der Waals surface area (Å²) < 4.78 is 5.28. The second-order valence-electron chi connectivity index (χ2n) is 6.66. The summed E-state index contributed by atoms with van der Waals surface area (Å²) in [5, 5.41) is 0. The Kier molecular flexibility index (Phi) is 4.53. The largest absolute Gasteiger partial charge is 0.497 e. The van der Waals surface area contributed by atoms with Gasteiger partial charge in [-0.3, -0.25) is 9.59 Å². The molecule has 1 aliphatic heterocycles. The number of ether oxygens (including phenoxy) is 1. The zero-order valence-electron chi connectivity index (χ0n) is 15.7. The smallest absolute Gasteiger partial charge is 0.265 e. The van der Waals surface area contributed by atoms with Gasteiger partial charge in [0.25, 0.3) is 11.8 Å². The highest BCUT2D eigenvalue weighted by Crippen LogP contribution is 2.33. The Morgan fingerprint density at radius 3 is 2.32 bits per heavy atom. The van der Waals surface area contributed by atoms with Crippen LogP contribution in [0.15, 0.2) is 72.8 Å². The summed E-state index contributed by atoms with van der Waals surface area (Å²) in [7, 11) is 1.60. The lowest BCUT2D eigenvalue weighted by Gasteiger charge is -2.29. The molecular formula is C24H19NO3. The van der Waals surface area contributed by atoms with Gasteiger partial charge in [-0.1, -0.05) is 42.5 Å². The maximum absolute atomic E-state index is 13.4. The molecule has 4 nitrogen and oxygen atoms in total. The van der Waals surface area contributed by atoms with Crippen LogP contribution in [-0.4, -0.2) is 18.9 Å². The van der Waals surface area contributed by atoms with Crippen molar-refractivity contribution >= 4 is 29.2 Å². The highest BCUT2D eigenvalue weighted by atomic mass is 16.5. The molecular weight excluding hydrogens is 350 g/mol. The number of carbonyl (C=O) groups excluding carboxylic acids is 2. The maximum Gasteiger partial charge on any atom is 0.265 e. The number of hydrogen-bond acceptors (Lipinski definition) is 3. The standard InChI is InChI=1S/C24H19NO3/c1-16-7-5-9-18(13-16)25-23(26)21-12-4-3-11-20(21)22(24(25)27)15-17-8-6-10-19(14-17)28-2/h3-15H,1-2H3/b22-15-. The predicted molar refractivity (Wildman–Crippen MR) is 110 cm³/mol. The molecule has 0 spiro atoms. The van der Waals surface area contributed by atoms with E-state index in [1.807, 2.05) is 67.6 Å². The van der Waals surface area contributed by atoms with Crippen molar-refractivity contribution in [3.05, 3.63) is 95.1 Å². The van der Waals surface area contributed by atoms with E-state index in [9.17, 15) is 9.59 Å². The molecule has 0 aliphatic carbocycles. The summed E-state index contributed by atoms with van der Waals surface area (Å²) in [6.45, 7) is 1.93. The molecule has 28 heavy (non-hydrogen) atoms. The zero-order chi connectivity index (χ0) is 19.7. The van der Waals surface area contributed by atoms with Crippen molar-refractivity contribution in [3.8, 4) is 5.75 Å². The van der Waals surface area contributed by atoms with Gasteiger partial charge in [-0.25, -0.2) is 4.90 Å². The van der Waals surface area contributed by atoms with Gasteiger partial charge in [0.2, 0.25) is 0 Å². The topological polar surface area (TPSA) is 46.6 Å². The summed E-state index contributed by atoms with van der Waals surface area (Å²) in [6, 6.07) is 22.1. The van der Waals surface area contributed by atoms with Crippen molar-refractivity contribution in [2.24, 2.45) is 0 Å². The second kappa shape index (κ2) is 7.16. The monoisotopic (exact) mass is 369 g/mol. The first-order valence-electron chi connectivity index (χ1n) is 8.99. The molecule has 0 N–H and O–H groups in total. The third-order valence-corrected chi connectivity index (χ3v) is 4.75. The van der Waals surface area contributed by atoms with Gasteiger partial charge < -0.3 is 4.74 Å². The molecule has 0 aromatic heterocycles. The first-order valence-corrected chi connectivity index (χ1v) is 8.99. The first kappa shape index (κ1) is 17.7. The number of rotatable bonds is 3. The van der Waals surface area contributed by atoms with Gasteiger partial charge in [0, 0.05) is 11.1 Å². The van der Waals surface area contributed by atoms with Gasteiger partial charge in [0.15, 0.2) is 0 Å². The van der Waals surface area contributed by atoms with Crippen LogP contribution >= 0.6 is 0 Å². The highest BCUT2D eigenvalue weighted by Gasteiger charge is 2.35. The Labute approximate surface area is 163 Å². The Hall–Kier alpha value is -3.66. The van der Waals surface area contributed by atoms with Gasteiger partial charge in [-0.15, -0.1) is 0 Å². The Bertz CT molecular complexity index is 1110. The molecule has 1 aliphatic rings. The van der Waals surface area contributed by atoms with Crippen LogP contribution in [0.25, 0.3) is 11.6 Å². The number of benzene rings is 3. The number of aryl methyl sites for hydroxylation is 1. The van der Waals surface area contributed by atoms with Crippen LogP contribution in [0.2, 0.25) is 0 Å². The van der Waals surface area contributed by atoms with Gasteiger partial charge in [-0.2, -0.15) is 0 Å². The van der Waals surface area contributed by atoms with Crippen molar-refractivity contribution in [2.75, 3.05) is 12.0 Å². The summed E-state index contributed by atoms with van der Waals surface area (Å²) in [6.07, 6.45) is 1.80. The Morgan fingerprint density at radius 2 is 1.57 bits per heavy atom. The number of methoxy groups -OCH3 is 1. The highest BCUT2D eigenvalue weighted by molar-refractivity contribution is 6.43. The number of anilines is 1. The van der Waals surface area contributed by atoms with Gasteiger partial charge in [0.05, 0.1) is 12.8 Å². The Balaban J connectivity index is 1.89. The fourth-order valence-electron chi connectivity index (χ4n) is 3.39. The quantitative estimate of drug-likeness (QED) is 0.495. The van der Waals surface area contributed by atoms with Crippen LogP contribution in [0, 0.1) is 6.92 Å². The summed E-state index contributed by atoms with van der Waals surface area (Å²) in [5.74, 6) is 0.0589. The molecule has 138 valence electrons. The van der Waals surface area contributed by atoms with Crippen LogP contribution in [-0.2, 0) is 4.79 Å². The molecule has 4 heteroatoms. The number of nitrogens with zero attached hydrogens (tertiary/aromatic N) is 1. The van der Waals surface area contributed by atoms with E-state index >= 15 is 0 Å². The average molecular weight is 369 g/mol. The molecule has 3 aromatic rings. The minimum Gasteiger partial charge on any atom is -0.497 e. The van der Waals surface area contributed by atoms with Crippen LogP contribution in [0.5, 0.6) is 5.75 Å². The van der Waals surface area contributed by atoms with Crippen LogP contribution in [0.3, 0.4) is 0 Å². The molecule has 2 amide bonds. The number of carbonyl (C=O) groups is 2. The third-order valence-electron chi connectivity index (χ3n) is 4.75. The van der Waals surface area contributed by atoms with Crippen LogP contribution in [0.1, 0.15) is 27.0 Å². The summed E-state index contributed by atoms with van der Waals surface area (Å²) in [4.78, 5) is 27.7. The van der Waals surface area contributed by atoms with Gasteiger partial charge >= 0.3 is 0 Å². The molecule has 0 saturated carbocycles. The molecule has 3 aromatic carbocycles. The SMILES string of the molecule is COc1cccc(/C=C2\C(=O)N(c3cccc(C)c3)C(=O)c3ccccc32)c1. The van der Waals surface area contributed by atoms with Crippen molar-refractivity contribution in [1.29, 1.82) is 0 Å². The minimum absolute atomic E-state index is 0.311. The van der Waals surface area contributed by atoms with E-state index in [0.29, 0.717) is 28.1 Å². The lowest BCUT2D eigenvalue weighted by molar-refractivity contribution is -0.112. The first-order chi connectivity index (χ1) is 13.6. The normalized spacial score (nSPS) is 14.9. The van der Waals surface area contributed by atoms with E-state index in [0.717, 1.165) is 11.1 Å². The van der Waals surface area contributed by atoms with E-state index in [-0.39, 0.29) is 11.8 Å². The summed E-state index contributed by atoms with van der Waals surface area (Å²) >= 11 is 0. The predicted octanol–water partition coefficient (Wildman–Crippen LogP) is 4.73. The number of imide groups is 1. The number of amides is 2. The average Bonchev–Trinajstić information content (AvgIpc) is 2.71. The van der Waals surface area contributed by atoms with E-state index in [4.69, 9.17) is 4.74 Å². The fraction of sp³-hybridized carbons (Fsp3) is 0.0833. The molecule has 0 atom stereocenters. The van der Waals surface area contributed by atoms with Gasteiger partial charge in [-0.05, 0) is 60.0 Å². The number of fused-ring (bicyclic) bond motifs is 1. The van der Waals surface area contributed by atoms with Gasteiger partial charge in [0.1, 0.15) is 5.75 Å². The molecule has 0 bridgehead atoms. The van der Waals surface area contributed by atoms with E-state index in [1.54, 1.807) is 25.3 Å². The second-order valence-corrected chi connectivity index (χ2v) is 6.66. The lowest BCUT2D eigenvalue weighted by atomic mass is 9.91. The third kappa shape index (κ3) is 3.09. The fourth-order valence-corrected chi connectivity index (χ4v) is 3.39. The van der Waals surface area contributed by atoms with Crippen molar-refractivity contribution in [1.82, 2.24) is 0 Å². The van der Waals surface area contributed by atoms with Crippen molar-refractivity contribution in [2.45, 2.75) is 6.92 Å². The zero-order valence-corrected chi connectivity index (χ0v) is 15.7. The van der Waals surface area contributed by atoms with Crippen molar-refractivity contribution in [3.63, 3.8) is 0 Å². The van der Waals surface area contributed by atoms with Crippen molar-refractivity contribution < 1.29 is 14.3 Å².